The summed E-state index contributed by atoms with van der Waals surface area (Å²) in [6, 6.07) is 18.3. The van der Waals surface area contributed by atoms with Gasteiger partial charge in [0.1, 0.15) is 11.5 Å². The molecule has 9 heteroatoms. The third-order valence-corrected chi connectivity index (χ3v) is 5.09. The van der Waals surface area contributed by atoms with Gasteiger partial charge in [0.25, 0.3) is 5.91 Å². The van der Waals surface area contributed by atoms with E-state index in [1.165, 1.54) is 13.3 Å². The van der Waals surface area contributed by atoms with Crippen molar-refractivity contribution < 1.29 is 28.5 Å². The number of rotatable bonds is 11. The van der Waals surface area contributed by atoms with E-state index < -0.39 is 18.0 Å². The predicted molar refractivity (Wildman–Crippen MR) is 137 cm³/mol. The van der Waals surface area contributed by atoms with Crippen LogP contribution in [0.4, 0.5) is 0 Å². The van der Waals surface area contributed by atoms with Gasteiger partial charge in [-0.15, -0.1) is 0 Å². The van der Waals surface area contributed by atoms with E-state index in [0.29, 0.717) is 40.0 Å². The number of hydrazone groups is 1. The summed E-state index contributed by atoms with van der Waals surface area (Å²) < 4.78 is 21.9. The fourth-order valence-electron chi connectivity index (χ4n) is 2.95. The molecular weight excluding hydrogens is 484 g/mol. The SMILES string of the molecule is CCCOc1ccc(C(=O)Oc2ccc(C=NNC(=O)C(C)Oc3ccc(Cl)cc3)cc2OC)cc1. The number of hydrogen-bond donors (Lipinski definition) is 1. The molecule has 0 aromatic heterocycles. The second-order valence-electron chi connectivity index (χ2n) is 7.62. The third kappa shape index (κ3) is 7.74. The second kappa shape index (κ2) is 13.2. The van der Waals surface area contributed by atoms with Crippen LogP contribution in [-0.4, -0.2) is 37.9 Å². The van der Waals surface area contributed by atoms with E-state index in [2.05, 4.69) is 10.5 Å². The van der Waals surface area contributed by atoms with Crippen LogP contribution in [-0.2, 0) is 4.79 Å². The topological polar surface area (TPSA) is 95.5 Å². The molecular formula is C27H27ClN2O6. The minimum atomic E-state index is -0.771. The summed E-state index contributed by atoms with van der Waals surface area (Å²) in [6.07, 6.45) is 1.57. The molecule has 0 aliphatic carbocycles. The van der Waals surface area contributed by atoms with E-state index in [-0.39, 0.29) is 5.75 Å². The molecule has 1 unspecified atom stereocenters. The summed E-state index contributed by atoms with van der Waals surface area (Å²) in [6.45, 7) is 4.24. The summed E-state index contributed by atoms with van der Waals surface area (Å²) in [5, 5.41) is 4.54. The molecule has 3 aromatic rings. The van der Waals surface area contributed by atoms with Crippen molar-refractivity contribution in [1.29, 1.82) is 0 Å². The standard InChI is InChI=1S/C27H27ClN2O6/c1-4-15-34-22-10-6-20(7-11-22)27(32)36-24-14-5-19(16-25(24)33-3)17-29-30-26(31)18(2)35-23-12-8-21(28)9-13-23/h5-14,16-18H,4,15H2,1-3H3,(H,30,31). The number of carbonyl (C=O) groups is 2. The lowest BCUT2D eigenvalue weighted by molar-refractivity contribution is -0.127. The van der Waals surface area contributed by atoms with Crippen LogP contribution in [0.25, 0.3) is 0 Å². The number of hydrogen-bond acceptors (Lipinski definition) is 7. The Morgan fingerprint density at radius 1 is 1.00 bits per heavy atom. The molecule has 0 aliphatic heterocycles. The van der Waals surface area contributed by atoms with Crippen molar-refractivity contribution in [2.24, 2.45) is 5.10 Å². The van der Waals surface area contributed by atoms with Crippen LogP contribution in [0.15, 0.2) is 71.8 Å². The molecule has 0 radical (unpaired) electrons. The summed E-state index contributed by atoms with van der Waals surface area (Å²) in [7, 11) is 1.46. The number of amides is 1. The fraction of sp³-hybridized carbons (Fsp3) is 0.222. The molecule has 0 heterocycles. The van der Waals surface area contributed by atoms with E-state index in [9.17, 15) is 9.59 Å². The summed E-state index contributed by atoms with van der Waals surface area (Å²) >= 11 is 5.85. The highest BCUT2D eigenvalue weighted by Gasteiger charge is 2.15. The average molecular weight is 511 g/mol. The Morgan fingerprint density at radius 2 is 1.69 bits per heavy atom. The van der Waals surface area contributed by atoms with Gasteiger partial charge in [-0.05, 0) is 85.6 Å². The molecule has 188 valence electrons. The lowest BCUT2D eigenvalue weighted by Gasteiger charge is -2.13. The summed E-state index contributed by atoms with van der Waals surface area (Å²) in [4.78, 5) is 24.8. The zero-order valence-corrected chi connectivity index (χ0v) is 21.0. The molecule has 0 spiro atoms. The Labute approximate surface area is 214 Å². The number of nitrogens with zero attached hydrogens (tertiary/aromatic N) is 1. The normalized spacial score (nSPS) is 11.6. The van der Waals surface area contributed by atoms with Crippen LogP contribution < -0.4 is 24.4 Å². The minimum absolute atomic E-state index is 0.250. The van der Waals surface area contributed by atoms with Gasteiger partial charge in [-0.2, -0.15) is 5.10 Å². The van der Waals surface area contributed by atoms with E-state index in [4.69, 9.17) is 30.5 Å². The number of esters is 1. The molecule has 0 aliphatic rings. The molecule has 0 fully saturated rings. The highest BCUT2D eigenvalue weighted by atomic mass is 35.5. The lowest BCUT2D eigenvalue weighted by atomic mass is 10.2. The van der Waals surface area contributed by atoms with Crippen molar-refractivity contribution in [1.82, 2.24) is 5.43 Å². The van der Waals surface area contributed by atoms with E-state index in [1.54, 1.807) is 73.7 Å². The molecule has 0 saturated carbocycles. The number of benzene rings is 3. The Kier molecular flexibility index (Phi) is 9.71. The van der Waals surface area contributed by atoms with Gasteiger partial charge in [-0.1, -0.05) is 18.5 Å². The summed E-state index contributed by atoms with van der Waals surface area (Å²) in [5.74, 6) is 0.832. The van der Waals surface area contributed by atoms with Crippen LogP contribution in [0.5, 0.6) is 23.0 Å². The van der Waals surface area contributed by atoms with E-state index in [0.717, 1.165) is 6.42 Å². The van der Waals surface area contributed by atoms with E-state index in [1.807, 2.05) is 6.92 Å². The first-order valence-corrected chi connectivity index (χ1v) is 11.7. The first-order chi connectivity index (χ1) is 17.4. The molecule has 8 nitrogen and oxygen atoms in total. The Hall–Kier alpha value is -4.04. The van der Waals surface area contributed by atoms with Crippen molar-refractivity contribution in [2.45, 2.75) is 26.4 Å². The molecule has 0 saturated heterocycles. The number of carbonyl (C=O) groups excluding carboxylic acids is 2. The van der Waals surface area contributed by atoms with Crippen molar-refractivity contribution >= 4 is 29.7 Å². The second-order valence-corrected chi connectivity index (χ2v) is 8.06. The Bertz CT molecular complexity index is 1200. The highest BCUT2D eigenvalue weighted by Crippen LogP contribution is 2.28. The quantitative estimate of drug-likeness (QED) is 0.163. The van der Waals surface area contributed by atoms with Gasteiger partial charge >= 0.3 is 5.97 Å². The Morgan fingerprint density at radius 3 is 2.36 bits per heavy atom. The van der Waals surface area contributed by atoms with Gasteiger partial charge in [-0.3, -0.25) is 4.79 Å². The zero-order chi connectivity index (χ0) is 25.9. The van der Waals surface area contributed by atoms with Gasteiger partial charge in [0.15, 0.2) is 17.6 Å². The van der Waals surface area contributed by atoms with Crippen molar-refractivity contribution in [3.05, 3.63) is 82.9 Å². The number of nitrogens with one attached hydrogen (secondary N) is 1. The maximum absolute atomic E-state index is 12.5. The average Bonchev–Trinajstić information content (AvgIpc) is 2.89. The van der Waals surface area contributed by atoms with Crippen molar-refractivity contribution in [3.63, 3.8) is 0 Å². The van der Waals surface area contributed by atoms with E-state index >= 15 is 0 Å². The van der Waals surface area contributed by atoms with Gasteiger partial charge in [0, 0.05) is 5.02 Å². The third-order valence-electron chi connectivity index (χ3n) is 4.84. The van der Waals surface area contributed by atoms with Crippen LogP contribution >= 0.6 is 11.6 Å². The van der Waals surface area contributed by atoms with Crippen molar-refractivity contribution in [2.75, 3.05) is 13.7 Å². The van der Waals surface area contributed by atoms with Gasteiger partial charge in [0.05, 0.1) is 25.5 Å². The predicted octanol–water partition coefficient (Wildman–Crippen LogP) is 5.27. The molecule has 1 amide bonds. The van der Waals surface area contributed by atoms with Gasteiger partial charge in [0.2, 0.25) is 0 Å². The van der Waals surface area contributed by atoms with Gasteiger partial charge < -0.3 is 18.9 Å². The molecule has 1 atom stereocenters. The Balaban J connectivity index is 1.57. The molecule has 36 heavy (non-hydrogen) atoms. The maximum Gasteiger partial charge on any atom is 0.343 e. The smallest absolute Gasteiger partial charge is 0.343 e. The highest BCUT2D eigenvalue weighted by molar-refractivity contribution is 6.30. The number of methoxy groups -OCH3 is 1. The van der Waals surface area contributed by atoms with Crippen LogP contribution in [0, 0.1) is 0 Å². The largest absolute Gasteiger partial charge is 0.494 e. The maximum atomic E-state index is 12.5. The summed E-state index contributed by atoms with van der Waals surface area (Å²) in [5.41, 5.74) is 3.43. The van der Waals surface area contributed by atoms with Crippen molar-refractivity contribution in [3.8, 4) is 23.0 Å². The fourth-order valence-corrected chi connectivity index (χ4v) is 3.07. The number of ether oxygens (including phenoxy) is 4. The number of halogens is 1. The molecule has 0 bridgehead atoms. The molecule has 1 N–H and O–H groups in total. The first-order valence-electron chi connectivity index (χ1n) is 11.3. The first kappa shape index (κ1) is 26.6. The lowest BCUT2D eigenvalue weighted by Crippen LogP contribution is -2.33. The monoisotopic (exact) mass is 510 g/mol. The van der Waals surface area contributed by atoms with Gasteiger partial charge in [-0.25, -0.2) is 10.2 Å². The minimum Gasteiger partial charge on any atom is -0.494 e. The van der Waals surface area contributed by atoms with Crippen LogP contribution in [0.2, 0.25) is 5.02 Å². The molecule has 3 aromatic carbocycles. The van der Waals surface area contributed by atoms with Crippen LogP contribution in [0.3, 0.4) is 0 Å². The zero-order valence-electron chi connectivity index (χ0n) is 20.2. The van der Waals surface area contributed by atoms with Crippen LogP contribution in [0.1, 0.15) is 36.2 Å². The molecule has 3 rings (SSSR count).